The average molecular weight is 279 g/mol. The molecule has 0 aliphatic carbocycles. The van der Waals surface area contributed by atoms with Gasteiger partial charge < -0.3 is 5.32 Å². The van der Waals surface area contributed by atoms with Gasteiger partial charge in [0.1, 0.15) is 10.8 Å². The van der Waals surface area contributed by atoms with E-state index in [1.807, 2.05) is 6.07 Å². The van der Waals surface area contributed by atoms with Crippen LogP contribution in [0, 0.1) is 12.7 Å². The quantitative estimate of drug-likeness (QED) is 0.906. The van der Waals surface area contributed by atoms with Crippen molar-refractivity contribution < 1.29 is 4.39 Å². The van der Waals surface area contributed by atoms with Crippen LogP contribution in [-0.2, 0) is 0 Å². The fourth-order valence-corrected chi connectivity index (χ4v) is 2.97. The third-order valence-corrected chi connectivity index (χ3v) is 4.09. The smallest absolute Gasteiger partial charge is 0.150 e. The van der Waals surface area contributed by atoms with Crippen molar-refractivity contribution in [2.24, 2.45) is 0 Å². The van der Waals surface area contributed by atoms with E-state index < -0.39 is 0 Å². The monoisotopic (exact) mass is 279 g/mol. The first-order chi connectivity index (χ1) is 9.17. The van der Waals surface area contributed by atoms with Crippen molar-refractivity contribution in [3.05, 3.63) is 34.6 Å². The fourth-order valence-electron chi connectivity index (χ4n) is 1.95. The molecule has 0 fully saturated rings. The van der Waals surface area contributed by atoms with Gasteiger partial charge in [0, 0.05) is 5.56 Å². The molecule has 0 saturated carbocycles. The summed E-state index contributed by atoms with van der Waals surface area (Å²) in [6.07, 6.45) is 0.943. The number of rotatable bonds is 5. The Bertz CT molecular complexity index is 553. The van der Waals surface area contributed by atoms with E-state index in [1.165, 1.54) is 11.3 Å². The SMILES string of the molecule is CCNC(CC)c1nnc(-c2cccc(C)c2F)s1. The number of hydrogen-bond acceptors (Lipinski definition) is 4. The molecule has 2 rings (SSSR count). The first-order valence-corrected chi connectivity index (χ1v) is 7.31. The predicted molar refractivity (Wildman–Crippen MR) is 76.7 cm³/mol. The molecule has 1 aromatic heterocycles. The Morgan fingerprint density at radius 2 is 2.11 bits per heavy atom. The number of aryl methyl sites for hydroxylation is 1. The van der Waals surface area contributed by atoms with Crippen molar-refractivity contribution in [1.29, 1.82) is 0 Å². The molecular weight excluding hydrogens is 261 g/mol. The van der Waals surface area contributed by atoms with Gasteiger partial charge in [-0.15, -0.1) is 10.2 Å². The van der Waals surface area contributed by atoms with Crippen molar-refractivity contribution in [2.75, 3.05) is 6.54 Å². The maximum atomic E-state index is 14.1. The molecule has 102 valence electrons. The van der Waals surface area contributed by atoms with Crippen LogP contribution in [0.2, 0.25) is 0 Å². The molecular formula is C14H18FN3S. The lowest BCUT2D eigenvalue weighted by molar-refractivity contribution is 0.531. The predicted octanol–water partition coefficient (Wildman–Crippen LogP) is 3.71. The van der Waals surface area contributed by atoms with Crippen LogP contribution in [0.4, 0.5) is 4.39 Å². The van der Waals surface area contributed by atoms with E-state index in [0.717, 1.165) is 18.0 Å². The fraction of sp³-hybridized carbons (Fsp3) is 0.429. The number of nitrogens with one attached hydrogen (secondary N) is 1. The Labute approximate surface area is 116 Å². The molecule has 3 nitrogen and oxygen atoms in total. The minimum atomic E-state index is -0.207. The first-order valence-electron chi connectivity index (χ1n) is 6.49. The highest BCUT2D eigenvalue weighted by atomic mass is 32.1. The molecule has 0 amide bonds. The molecule has 0 radical (unpaired) electrons. The number of nitrogens with zero attached hydrogens (tertiary/aromatic N) is 2. The van der Waals surface area contributed by atoms with Gasteiger partial charge in [-0.1, -0.05) is 37.3 Å². The lowest BCUT2D eigenvalue weighted by Crippen LogP contribution is -2.19. The zero-order valence-corrected chi connectivity index (χ0v) is 12.2. The third-order valence-electron chi connectivity index (χ3n) is 3.02. The van der Waals surface area contributed by atoms with E-state index in [4.69, 9.17) is 0 Å². The first kappa shape index (κ1) is 14.1. The second kappa shape index (κ2) is 6.21. The van der Waals surface area contributed by atoms with Crippen LogP contribution in [0.1, 0.15) is 36.9 Å². The highest BCUT2D eigenvalue weighted by molar-refractivity contribution is 7.14. The van der Waals surface area contributed by atoms with Crippen molar-refractivity contribution in [3.63, 3.8) is 0 Å². The van der Waals surface area contributed by atoms with Gasteiger partial charge in [0.2, 0.25) is 0 Å². The Kier molecular flexibility index (Phi) is 4.61. The molecule has 2 aromatic rings. The summed E-state index contributed by atoms with van der Waals surface area (Å²) in [5.41, 5.74) is 1.17. The Hall–Kier alpha value is -1.33. The summed E-state index contributed by atoms with van der Waals surface area (Å²) in [6.45, 7) is 6.80. The summed E-state index contributed by atoms with van der Waals surface area (Å²) in [5.74, 6) is -0.207. The molecule has 1 aromatic carbocycles. The van der Waals surface area contributed by atoms with E-state index in [-0.39, 0.29) is 11.9 Å². The van der Waals surface area contributed by atoms with Gasteiger partial charge in [0.05, 0.1) is 6.04 Å². The molecule has 1 N–H and O–H groups in total. The standard InChI is InChI=1S/C14H18FN3S/c1-4-11(16-5-2)14-18-17-13(19-14)10-8-6-7-9(3)12(10)15/h6-8,11,16H,4-5H2,1-3H3. The van der Waals surface area contributed by atoms with Crippen LogP contribution in [-0.4, -0.2) is 16.7 Å². The summed E-state index contributed by atoms with van der Waals surface area (Å²) in [5, 5.41) is 13.2. The second-order valence-electron chi connectivity index (χ2n) is 4.40. The van der Waals surface area contributed by atoms with Gasteiger partial charge in [-0.2, -0.15) is 0 Å². The molecule has 0 bridgehead atoms. The summed E-state index contributed by atoms with van der Waals surface area (Å²) < 4.78 is 14.1. The summed E-state index contributed by atoms with van der Waals surface area (Å²) in [7, 11) is 0. The van der Waals surface area contributed by atoms with Gasteiger partial charge in [-0.3, -0.25) is 0 Å². The number of halogens is 1. The highest BCUT2D eigenvalue weighted by Crippen LogP contribution is 2.30. The minimum absolute atomic E-state index is 0.198. The van der Waals surface area contributed by atoms with E-state index in [2.05, 4.69) is 29.4 Å². The van der Waals surface area contributed by atoms with E-state index in [9.17, 15) is 4.39 Å². The van der Waals surface area contributed by atoms with E-state index in [1.54, 1.807) is 19.1 Å². The number of aromatic nitrogens is 2. The topological polar surface area (TPSA) is 37.8 Å². The van der Waals surface area contributed by atoms with Crippen molar-refractivity contribution in [3.8, 4) is 10.6 Å². The van der Waals surface area contributed by atoms with Gasteiger partial charge in [-0.05, 0) is 31.5 Å². The van der Waals surface area contributed by atoms with Gasteiger partial charge in [-0.25, -0.2) is 4.39 Å². The molecule has 0 saturated heterocycles. The second-order valence-corrected chi connectivity index (χ2v) is 5.41. The van der Waals surface area contributed by atoms with Crippen LogP contribution >= 0.6 is 11.3 Å². The Morgan fingerprint density at radius 3 is 2.79 bits per heavy atom. The zero-order chi connectivity index (χ0) is 13.8. The van der Waals surface area contributed by atoms with Gasteiger partial charge in [0.25, 0.3) is 0 Å². The van der Waals surface area contributed by atoms with Crippen LogP contribution in [0.15, 0.2) is 18.2 Å². The van der Waals surface area contributed by atoms with Gasteiger partial charge in [0.15, 0.2) is 5.01 Å². The number of benzene rings is 1. The lowest BCUT2D eigenvalue weighted by Gasteiger charge is -2.11. The van der Waals surface area contributed by atoms with Gasteiger partial charge >= 0.3 is 0 Å². The van der Waals surface area contributed by atoms with E-state index >= 15 is 0 Å². The van der Waals surface area contributed by atoms with Crippen LogP contribution in [0.5, 0.6) is 0 Å². The maximum Gasteiger partial charge on any atom is 0.150 e. The maximum absolute atomic E-state index is 14.1. The van der Waals surface area contributed by atoms with Crippen molar-refractivity contribution in [2.45, 2.75) is 33.2 Å². The van der Waals surface area contributed by atoms with Crippen LogP contribution in [0.3, 0.4) is 0 Å². The molecule has 0 spiro atoms. The Morgan fingerprint density at radius 1 is 1.32 bits per heavy atom. The molecule has 1 unspecified atom stereocenters. The average Bonchev–Trinajstić information content (AvgIpc) is 2.88. The third kappa shape index (κ3) is 2.98. The highest BCUT2D eigenvalue weighted by Gasteiger charge is 2.17. The minimum Gasteiger partial charge on any atom is -0.308 e. The van der Waals surface area contributed by atoms with Crippen LogP contribution in [0.25, 0.3) is 10.6 Å². The van der Waals surface area contributed by atoms with E-state index in [0.29, 0.717) is 16.1 Å². The summed E-state index contributed by atoms with van der Waals surface area (Å²) in [6, 6.07) is 5.55. The van der Waals surface area contributed by atoms with Crippen molar-refractivity contribution in [1.82, 2.24) is 15.5 Å². The van der Waals surface area contributed by atoms with Crippen molar-refractivity contribution >= 4 is 11.3 Å². The Balaban J connectivity index is 2.32. The lowest BCUT2D eigenvalue weighted by atomic mass is 10.1. The molecule has 19 heavy (non-hydrogen) atoms. The molecule has 1 atom stereocenters. The zero-order valence-electron chi connectivity index (χ0n) is 11.4. The van der Waals surface area contributed by atoms with Crippen LogP contribution < -0.4 is 5.32 Å². The molecule has 0 aliphatic heterocycles. The molecule has 0 aliphatic rings. The summed E-state index contributed by atoms with van der Waals surface area (Å²) >= 11 is 1.46. The molecule has 1 heterocycles. The summed E-state index contributed by atoms with van der Waals surface area (Å²) in [4.78, 5) is 0. The number of hydrogen-bond donors (Lipinski definition) is 1. The largest absolute Gasteiger partial charge is 0.308 e. The molecule has 5 heteroatoms. The normalized spacial score (nSPS) is 12.6.